The van der Waals surface area contributed by atoms with Gasteiger partial charge in [0.2, 0.25) is 0 Å². The van der Waals surface area contributed by atoms with E-state index in [4.69, 9.17) is 15.2 Å². The normalized spacial score (nSPS) is 17.1. The zero-order chi connectivity index (χ0) is 15.5. The number of benzene rings is 1. The van der Waals surface area contributed by atoms with Crippen LogP contribution in [0.3, 0.4) is 0 Å². The third kappa shape index (κ3) is 3.56. The van der Waals surface area contributed by atoms with Gasteiger partial charge in [-0.3, -0.25) is 4.79 Å². The first kappa shape index (κ1) is 15.8. The molecule has 0 heterocycles. The molecule has 0 spiro atoms. The average Bonchev–Trinajstić information content (AvgIpc) is 3.29. The van der Waals surface area contributed by atoms with Crippen molar-refractivity contribution in [1.82, 2.24) is 0 Å². The lowest BCUT2D eigenvalue weighted by Gasteiger charge is -2.30. The summed E-state index contributed by atoms with van der Waals surface area (Å²) in [6.07, 6.45) is 3.73. The van der Waals surface area contributed by atoms with E-state index < -0.39 is 5.41 Å². The summed E-state index contributed by atoms with van der Waals surface area (Å²) >= 11 is 0. The number of hydrogen-bond acceptors (Lipinski definition) is 4. The zero-order valence-electron chi connectivity index (χ0n) is 13.1. The molecule has 21 heavy (non-hydrogen) atoms. The quantitative estimate of drug-likeness (QED) is 0.784. The monoisotopic (exact) mass is 291 g/mol. The summed E-state index contributed by atoms with van der Waals surface area (Å²) in [5, 5.41) is 0. The van der Waals surface area contributed by atoms with Crippen LogP contribution in [-0.2, 0) is 16.0 Å². The molecule has 1 saturated carbocycles. The highest BCUT2D eigenvalue weighted by Crippen LogP contribution is 2.43. The Hall–Kier alpha value is -1.55. The molecule has 0 saturated heterocycles. The molecule has 0 radical (unpaired) electrons. The van der Waals surface area contributed by atoms with Gasteiger partial charge in [0.05, 0.1) is 19.6 Å². The Labute approximate surface area is 126 Å². The fourth-order valence-electron chi connectivity index (χ4n) is 2.97. The van der Waals surface area contributed by atoms with E-state index >= 15 is 0 Å². The summed E-state index contributed by atoms with van der Waals surface area (Å²) in [7, 11) is 3.09. The van der Waals surface area contributed by atoms with E-state index in [1.165, 1.54) is 20.0 Å². The van der Waals surface area contributed by atoms with Crippen LogP contribution < -0.4 is 10.5 Å². The molecule has 1 unspecified atom stereocenters. The Balaban J connectivity index is 2.33. The fourth-order valence-corrected chi connectivity index (χ4v) is 2.97. The third-order valence-corrected chi connectivity index (χ3v) is 4.35. The highest BCUT2D eigenvalue weighted by atomic mass is 16.5. The molecule has 1 aliphatic rings. The van der Waals surface area contributed by atoms with E-state index in [9.17, 15) is 4.79 Å². The van der Waals surface area contributed by atoms with Gasteiger partial charge in [0.1, 0.15) is 5.75 Å². The van der Waals surface area contributed by atoms with E-state index in [2.05, 4.69) is 6.07 Å². The lowest BCUT2D eigenvalue weighted by molar-refractivity contribution is -0.153. The number of nitrogens with two attached hydrogens (primary N) is 1. The molecule has 0 aliphatic heterocycles. The maximum Gasteiger partial charge on any atom is 0.313 e. The number of rotatable bonds is 7. The van der Waals surface area contributed by atoms with Crippen LogP contribution in [0.25, 0.3) is 0 Å². The molecular weight excluding hydrogens is 266 g/mol. The smallest absolute Gasteiger partial charge is 0.313 e. The van der Waals surface area contributed by atoms with Crippen LogP contribution in [0.15, 0.2) is 18.2 Å². The summed E-state index contributed by atoms with van der Waals surface area (Å²) in [4.78, 5) is 12.4. The molecule has 1 aliphatic carbocycles. The van der Waals surface area contributed by atoms with Gasteiger partial charge < -0.3 is 15.2 Å². The second-order valence-corrected chi connectivity index (χ2v) is 6.12. The number of esters is 1. The average molecular weight is 291 g/mol. The minimum Gasteiger partial charge on any atom is -0.496 e. The first-order chi connectivity index (χ1) is 10.0. The van der Waals surface area contributed by atoms with Crippen LogP contribution in [-0.4, -0.2) is 26.7 Å². The van der Waals surface area contributed by atoms with Crippen molar-refractivity contribution in [2.24, 2.45) is 17.1 Å². The van der Waals surface area contributed by atoms with Crippen molar-refractivity contribution in [3.63, 3.8) is 0 Å². The summed E-state index contributed by atoms with van der Waals surface area (Å²) < 4.78 is 10.5. The van der Waals surface area contributed by atoms with E-state index in [1.54, 1.807) is 7.11 Å². The number of ether oxygens (including phenoxy) is 2. The summed E-state index contributed by atoms with van der Waals surface area (Å²) in [6.45, 7) is 2.33. The van der Waals surface area contributed by atoms with E-state index in [0.29, 0.717) is 18.9 Å². The molecule has 0 amide bonds. The van der Waals surface area contributed by atoms with Crippen LogP contribution >= 0.6 is 0 Å². The van der Waals surface area contributed by atoms with E-state index in [-0.39, 0.29) is 5.97 Å². The lowest BCUT2D eigenvalue weighted by atomic mass is 9.76. The van der Waals surface area contributed by atoms with Gasteiger partial charge in [-0.1, -0.05) is 30.5 Å². The van der Waals surface area contributed by atoms with Crippen molar-refractivity contribution in [2.45, 2.75) is 32.6 Å². The lowest BCUT2D eigenvalue weighted by Crippen LogP contribution is -2.42. The molecule has 0 aromatic heterocycles. The minimum absolute atomic E-state index is 0.208. The van der Waals surface area contributed by atoms with Crippen LogP contribution in [0, 0.1) is 18.3 Å². The molecule has 1 aromatic rings. The van der Waals surface area contributed by atoms with Crippen molar-refractivity contribution in [3.05, 3.63) is 29.3 Å². The van der Waals surface area contributed by atoms with Crippen molar-refractivity contribution in [1.29, 1.82) is 0 Å². The van der Waals surface area contributed by atoms with Gasteiger partial charge in [-0.2, -0.15) is 0 Å². The predicted molar refractivity (Wildman–Crippen MR) is 82.3 cm³/mol. The summed E-state index contributed by atoms with van der Waals surface area (Å²) in [5.41, 5.74) is 7.52. The maximum absolute atomic E-state index is 12.4. The SMILES string of the molecule is COC(=O)C(CN)(Cc1cc(C)ccc1OC)CC1CC1. The number of hydrogen-bond donors (Lipinski definition) is 1. The van der Waals surface area contributed by atoms with Crippen molar-refractivity contribution in [2.75, 3.05) is 20.8 Å². The Kier molecular flexibility index (Phi) is 4.88. The molecule has 2 rings (SSSR count). The van der Waals surface area contributed by atoms with E-state index in [1.807, 2.05) is 19.1 Å². The summed E-state index contributed by atoms with van der Waals surface area (Å²) in [5.74, 6) is 1.20. The van der Waals surface area contributed by atoms with Gasteiger partial charge in [-0.25, -0.2) is 0 Å². The fraction of sp³-hybridized carbons (Fsp3) is 0.588. The maximum atomic E-state index is 12.4. The molecule has 4 heteroatoms. The van der Waals surface area contributed by atoms with Gasteiger partial charge in [-0.05, 0) is 37.3 Å². The molecule has 0 bridgehead atoms. The van der Waals surface area contributed by atoms with E-state index in [0.717, 1.165) is 23.3 Å². The van der Waals surface area contributed by atoms with Crippen molar-refractivity contribution >= 4 is 5.97 Å². The first-order valence-electron chi connectivity index (χ1n) is 7.46. The molecule has 1 fully saturated rings. The molecule has 116 valence electrons. The zero-order valence-corrected chi connectivity index (χ0v) is 13.1. The minimum atomic E-state index is -0.642. The molecule has 1 atom stereocenters. The Bertz CT molecular complexity index is 511. The number of aryl methyl sites for hydroxylation is 1. The predicted octanol–water partition coefficient (Wildman–Crippen LogP) is 2.46. The molecule has 4 nitrogen and oxygen atoms in total. The molecule has 2 N–H and O–H groups in total. The number of carbonyl (C=O) groups excluding carboxylic acids is 1. The van der Waals surface area contributed by atoms with Crippen LogP contribution in [0.4, 0.5) is 0 Å². The summed E-state index contributed by atoms with van der Waals surface area (Å²) in [6, 6.07) is 6.02. The van der Waals surface area contributed by atoms with Gasteiger partial charge in [0.25, 0.3) is 0 Å². The second kappa shape index (κ2) is 6.48. The van der Waals surface area contributed by atoms with Crippen LogP contribution in [0.1, 0.15) is 30.4 Å². The van der Waals surface area contributed by atoms with Gasteiger partial charge in [0, 0.05) is 6.54 Å². The number of carbonyl (C=O) groups is 1. The van der Waals surface area contributed by atoms with Crippen molar-refractivity contribution < 1.29 is 14.3 Å². The van der Waals surface area contributed by atoms with Crippen LogP contribution in [0.2, 0.25) is 0 Å². The molecule has 1 aromatic carbocycles. The highest BCUT2D eigenvalue weighted by Gasteiger charge is 2.43. The second-order valence-electron chi connectivity index (χ2n) is 6.12. The number of methoxy groups -OCH3 is 2. The third-order valence-electron chi connectivity index (χ3n) is 4.35. The van der Waals surface area contributed by atoms with Crippen molar-refractivity contribution in [3.8, 4) is 5.75 Å². The van der Waals surface area contributed by atoms with Gasteiger partial charge in [-0.15, -0.1) is 0 Å². The molecular formula is C17H25NO3. The standard InChI is InChI=1S/C17H25NO3/c1-12-4-7-15(20-2)14(8-12)10-17(11-18,16(19)21-3)9-13-5-6-13/h4,7-8,13H,5-6,9-11,18H2,1-3H3. The van der Waals surface area contributed by atoms with Crippen LogP contribution in [0.5, 0.6) is 5.75 Å². The first-order valence-corrected chi connectivity index (χ1v) is 7.46. The van der Waals surface area contributed by atoms with Gasteiger partial charge >= 0.3 is 5.97 Å². The highest BCUT2D eigenvalue weighted by molar-refractivity contribution is 5.77. The van der Waals surface area contributed by atoms with Gasteiger partial charge in [0.15, 0.2) is 0 Å². The Morgan fingerprint density at radius 2 is 2.10 bits per heavy atom. The largest absolute Gasteiger partial charge is 0.496 e. The Morgan fingerprint density at radius 1 is 1.38 bits per heavy atom. The Morgan fingerprint density at radius 3 is 2.62 bits per heavy atom. The topological polar surface area (TPSA) is 61.5 Å².